The number of anilines is 1. The van der Waals surface area contributed by atoms with Gasteiger partial charge in [0.15, 0.2) is 0 Å². The van der Waals surface area contributed by atoms with Crippen molar-refractivity contribution in [2.24, 2.45) is 0 Å². The Morgan fingerprint density at radius 1 is 1.50 bits per heavy atom. The molecule has 0 spiro atoms. The van der Waals surface area contributed by atoms with E-state index in [4.69, 9.17) is 5.73 Å². The van der Waals surface area contributed by atoms with Crippen LogP contribution in [0.3, 0.4) is 0 Å². The van der Waals surface area contributed by atoms with Crippen LogP contribution in [-0.4, -0.2) is 39.1 Å². The molecule has 0 aliphatic carbocycles. The van der Waals surface area contributed by atoms with E-state index in [0.29, 0.717) is 24.5 Å². The number of piperidine rings is 1. The Kier molecular flexibility index (Phi) is 3.10. The predicted octanol–water partition coefficient (Wildman–Crippen LogP) is 0.904. The van der Waals surface area contributed by atoms with Crippen molar-refractivity contribution >= 4 is 22.6 Å². The van der Waals surface area contributed by atoms with E-state index >= 15 is 0 Å². The lowest BCUT2D eigenvalue weighted by atomic mass is 10.0. The molecule has 6 nitrogen and oxygen atoms in total. The molecule has 1 aromatic carbocycles. The van der Waals surface area contributed by atoms with Crippen LogP contribution in [0.15, 0.2) is 18.2 Å². The monoisotopic (exact) mass is 274 g/mol. The third kappa shape index (κ3) is 2.02. The number of aliphatic hydroxyl groups is 1. The summed E-state index contributed by atoms with van der Waals surface area (Å²) in [6.45, 7) is 0.518. The van der Waals surface area contributed by atoms with Gasteiger partial charge in [-0.2, -0.15) is 0 Å². The maximum Gasteiger partial charge on any atom is 0.222 e. The molecule has 2 heterocycles. The average molecular weight is 274 g/mol. The number of hydrogen-bond acceptors (Lipinski definition) is 4. The molecule has 1 saturated heterocycles. The van der Waals surface area contributed by atoms with Gasteiger partial charge in [0, 0.05) is 25.7 Å². The van der Waals surface area contributed by atoms with Gasteiger partial charge in [-0.25, -0.2) is 4.98 Å². The number of imidazole rings is 1. The van der Waals surface area contributed by atoms with E-state index in [2.05, 4.69) is 4.98 Å². The van der Waals surface area contributed by atoms with E-state index in [1.807, 2.05) is 29.8 Å². The molecule has 1 amide bonds. The first kappa shape index (κ1) is 12.9. The topological polar surface area (TPSA) is 84.4 Å². The van der Waals surface area contributed by atoms with E-state index in [1.54, 1.807) is 4.90 Å². The number of likely N-dealkylation sites (tertiary alicyclic amines) is 1. The number of carbonyl (C=O) groups is 1. The standard InChI is InChI=1S/C14H18N4O2/c1-17-7-10(3-5-14(17)20)18-12-4-2-9(15)6-11(12)16-13(18)8-19/h2,4,6,10,19H,3,5,7-8,15H2,1H3. The Labute approximate surface area is 116 Å². The molecule has 1 aliphatic rings. The second-order valence-electron chi connectivity index (χ2n) is 5.27. The van der Waals surface area contributed by atoms with Crippen LogP contribution in [0.2, 0.25) is 0 Å². The van der Waals surface area contributed by atoms with Gasteiger partial charge in [-0.05, 0) is 24.6 Å². The number of rotatable bonds is 2. The summed E-state index contributed by atoms with van der Waals surface area (Å²) < 4.78 is 2.04. The van der Waals surface area contributed by atoms with E-state index in [1.165, 1.54) is 0 Å². The summed E-state index contributed by atoms with van der Waals surface area (Å²) in [6, 6.07) is 5.71. The van der Waals surface area contributed by atoms with Crippen molar-refractivity contribution in [1.29, 1.82) is 0 Å². The minimum Gasteiger partial charge on any atom is -0.399 e. The summed E-state index contributed by atoms with van der Waals surface area (Å²) in [5, 5.41) is 9.54. The van der Waals surface area contributed by atoms with Crippen LogP contribution in [0.1, 0.15) is 24.7 Å². The van der Waals surface area contributed by atoms with Crippen molar-refractivity contribution in [3.8, 4) is 0 Å². The molecular weight excluding hydrogens is 256 g/mol. The van der Waals surface area contributed by atoms with Crippen LogP contribution in [-0.2, 0) is 11.4 Å². The van der Waals surface area contributed by atoms with Gasteiger partial charge in [0.25, 0.3) is 0 Å². The van der Waals surface area contributed by atoms with Crippen LogP contribution in [0.5, 0.6) is 0 Å². The normalized spacial score (nSPS) is 19.8. The van der Waals surface area contributed by atoms with E-state index in [9.17, 15) is 9.90 Å². The summed E-state index contributed by atoms with van der Waals surface area (Å²) in [4.78, 5) is 17.8. The molecule has 1 aliphatic heterocycles. The van der Waals surface area contributed by atoms with Crippen LogP contribution in [0.4, 0.5) is 5.69 Å². The number of hydrogen-bond donors (Lipinski definition) is 2. The quantitative estimate of drug-likeness (QED) is 0.797. The number of benzene rings is 1. The van der Waals surface area contributed by atoms with Gasteiger partial charge >= 0.3 is 0 Å². The smallest absolute Gasteiger partial charge is 0.222 e. The number of fused-ring (bicyclic) bond motifs is 1. The zero-order chi connectivity index (χ0) is 14.3. The average Bonchev–Trinajstić information content (AvgIpc) is 2.79. The van der Waals surface area contributed by atoms with Gasteiger partial charge < -0.3 is 20.3 Å². The first-order valence-electron chi connectivity index (χ1n) is 6.71. The molecule has 0 saturated carbocycles. The van der Waals surface area contributed by atoms with Crippen molar-refractivity contribution in [3.63, 3.8) is 0 Å². The van der Waals surface area contributed by atoms with E-state index < -0.39 is 0 Å². The Morgan fingerprint density at radius 3 is 3.00 bits per heavy atom. The number of aliphatic hydroxyl groups excluding tert-OH is 1. The van der Waals surface area contributed by atoms with Crippen LogP contribution >= 0.6 is 0 Å². The summed E-state index contributed by atoms with van der Waals surface area (Å²) in [7, 11) is 1.81. The van der Waals surface area contributed by atoms with Crippen molar-refractivity contribution in [1.82, 2.24) is 14.5 Å². The zero-order valence-electron chi connectivity index (χ0n) is 11.4. The number of nitrogens with two attached hydrogens (primary N) is 1. The first-order chi connectivity index (χ1) is 9.60. The fourth-order valence-electron chi connectivity index (χ4n) is 2.89. The predicted molar refractivity (Wildman–Crippen MR) is 76.0 cm³/mol. The van der Waals surface area contributed by atoms with E-state index in [0.717, 1.165) is 17.5 Å². The molecular formula is C14H18N4O2. The summed E-state index contributed by atoms with van der Waals surface area (Å²) in [5.74, 6) is 0.791. The summed E-state index contributed by atoms with van der Waals surface area (Å²) in [6.07, 6.45) is 1.30. The van der Waals surface area contributed by atoms with Crippen molar-refractivity contribution in [3.05, 3.63) is 24.0 Å². The highest BCUT2D eigenvalue weighted by Crippen LogP contribution is 2.28. The second kappa shape index (κ2) is 4.79. The van der Waals surface area contributed by atoms with Gasteiger partial charge in [-0.3, -0.25) is 4.79 Å². The lowest BCUT2D eigenvalue weighted by Gasteiger charge is -2.31. The highest BCUT2D eigenvalue weighted by Gasteiger charge is 2.27. The summed E-state index contributed by atoms with van der Waals surface area (Å²) >= 11 is 0. The van der Waals surface area contributed by atoms with Gasteiger partial charge in [0.2, 0.25) is 5.91 Å². The number of nitrogen functional groups attached to an aromatic ring is 1. The maximum atomic E-state index is 11.6. The van der Waals surface area contributed by atoms with Crippen LogP contribution < -0.4 is 5.73 Å². The minimum atomic E-state index is -0.122. The SMILES string of the molecule is CN1CC(n2c(CO)nc3cc(N)ccc32)CCC1=O. The van der Waals surface area contributed by atoms with Crippen LogP contribution in [0.25, 0.3) is 11.0 Å². The lowest BCUT2D eigenvalue weighted by molar-refractivity contribution is -0.132. The first-order valence-corrected chi connectivity index (χ1v) is 6.71. The molecule has 0 radical (unpaired) electrons. The highest BCUT2D eigenvalue weighted by atomic mass is 16.3. The highest BCUT2D eigenvalue weighted by molar-refractivity contribution is 5.80. The molecule has 106 valence electrons. The Hall–Kier alpha value is -2.08. The molecule has 0 bridgehead atoms. The van der Waals surface area contributed by atoms with E-state index in [-0.39, 0.29) is 18.6 Å². The lowest BCUT2D eigenvalue weighted by Crippen LogP contribution is -2.38. The molecule has 6 heteroatoms. The second-order valence-corrected chi connectivity index (χ2v) is 5.27. The number of amides is 1. The number of nitrogens with zero attached hydrogens (tertiary/aromatic N) is 3. The molecule has 20 heavy (non-hydrogen) atoms. The van der Waals surface area contributed by atoms with Gasteiger partial charge in [0.05, 0.1) is 17.1 Å². The maximum absolute atomic E-state index is 11.6. The molecule has 1 aromatic heterocycles. The number of likely N-dealkylation sites (N-methyl/N-ethyl adjacent to an activating group) is 1. The fraction of sp³-hybridized carbons (Fsp3) is 0.429. The molecule has 1 atom stereocenters. The zero-order valence-corrected chi connectivity index (χ0v) is 11.4. The molecule has 2 aromatic rings. The van der Waals surface area contributed by atoms with Gasteiger partial charge in [0.1, 0.15) is 12.4 Å². The van der Waals surface area contributed by atoms with Crippen molar-refractivity contribution < 1.29 is 9.90 Å². The number of aromatic nitrogens is 2. The Morgan fingerprint density at radius 2 is 2.30 bits per heavy atom. The van der Waals surface area contributed by atoms with Crippen LogP contribution in [0, 0.1) is 0 Å². The van der Waals surface area contributed by atoms with Crippen molar-refractivity contribution in [2.45, 2.75) is 25.5 Å². The van der Waals surface area contributed by atoms with Crippen molar-refractivity contribution in [2.75, 3.05) is 19.3 Å². The fourth-order valence-corrected chi connectivity index (χ4v) is 2.89. The third-order valence-electron chi connectivity index (χ3n) is 3.89. The minimum absolute atomic E-state index is 0.122. The number of carbonyl (C=O) groups excluding carboxylic acids is 1. The third-order valence-corrected chi connectivity index (χ3v) is 3.89. The molecule has 1 unspecified atom stereocenters. The molecule has 3 rings (SSSR count). The largest absolute Gasteiger partial charge is 0.399 e. The van der Waals surface area contributed by atoms with Gasteiger partial charge in [-0.15, -0.1) is 0 Å². The summed E-state index contributed by atoms with van der Waals surface area (Å²) in [5.41, 5.74) is 8.17. The Balaban J connectivity index is 2.07. The molecule has 3 N–H and O–H groups in total. The molecule has 1 fully saturated rings. The Bertz CT molecular complexity index is 664. The van der Waals surface area contributed by atoms with Gasteiger partial charge in [-0.1, -0.05) is 0 Å².